The Labute approximate surface area is 110 Å². The molecule has 2 saturated carbocycles. The van der Waals surface area contributed by atoms with Gasteiger partial charge in [-0.15, -0.1) is 0 Å². The van der Waals surface area contributed by atoms with Crippen molar-refractivity contribution in [3.63, 3.8) is 0 Å². The standard InChI is InChI=1S/C16H25NO/c1-11-8-12-9-15(18)14-5-3-7-17-6-2-4-13(12)16(14,17)10-11/h11-14H,2-10H2,1H3/t11-,12?,13-,14?,16+/m1/s1. The van der Waals surface area contributed by atoms with Crippen molar-refractivity contribution in [2.75, 3.05) is 13.1 Å². The lowest BCUT2D eigenvalue weighted by Crippen LogP contribution is -2.71. The number of ketones is 1. The third kappa shape index (κ3) is 1.31. The zero-order chi connectivity index (χ0) is 12.3. The predicted molar refractivity (Wildman–Crippen MR) is 71.3 cm³/mol. The van der Waals surface area contributed by atoms with Gasteiger partial charge in [0.1, 0.15) is 5.78 Å². The van der Waals surface area contributed by atoms with Gasteiger partial charge in [0.05, 0.1) is 0 Å². The van der Waals surface area contributed by atoms with Crippen molar-refractivity contribution < 1.29 is 4.79 Å². The number of carbonyl (C=O) groups is 1. The molecular formula is C16H25NO. The third-order valence-corrected chi connectivity index (χ3v) is 6.50. The molecule has 4 fully saturated rings. The average molecular weight is 247 g/mol. The Bertz CT molecular complexity index is 377. The first-order chi connectivity index (χ1) is 8.72. The third-order valence-electron chi connectivity index (χ3n) is 6.50. The molecule has 0 aromatic carbocycles. The lowest BCUT2D eigenvalue weighted by atomic mass is 9.48. The fraction of sp³-hybridized carbons (Fsp3) is 0.938. The van der Waals surface area contributed by atoms with E-state index in [1.807, 2.05) is 0 Å². The normalized spacial score (nSPS) is 51.9. The molecule has 2 saturated heterocycles. The van der Waals surface area contributed by atoms with Crippen LogP contribution in [-0.4, -0.2) is 29.3 Å². The van der Waals surface area contributed by atoms with Gasteiger partial charge in [-0.05, 0) is 69.4 Å². The number of rotatable bonds is 0. The second-order valence-corrected chi connectivity index (χ2v) is 7.40. The Kier molecular flexibility index (Phi) is 2.43. The number of hydrogen-bond acceptors (Lipinski definition) is 2. The largest absolute Gasteiger partial charge is 0.299 e. The van der Waals surface area contributed by atoms with Gasteiger partial charge >= 0.3 is 0 Å². The van der Waals surface area contributed by atoms with Gasteiger partial charge in [0.2, 0.25) is 0 Å². The molecular weight excluding hydrogens is 222 g/mol. The van der Waals surface area contributed by atoms with Crippen molar-refractivity contribution in [2.24, 2.45) is 23.7 Å². The molecule has 100 valence electrons. The van der Waals surface area contributed by atoms with Crippen LogP contribution in [0.25, 0.3) is 0 Å². The topological polar surface area (TPSA) is 20.3 Å². The van der Waals surface area contributed by atoms with Gasteiger partial charge in [0.25, 0.3) is 0 Å². The number of nitrogens with zero attached hydrogens (tertiary/aromatic N) is 1. The van der Waals surface area contributed by atoms with E-state index in [1.165, 1.54) is 51.6 Å². The summed E-state index contributed by atoms with van der Waals surface area (Å²) >= 11 is 0. The van der Waals surface area contributed by atoms with E-state index >= 15 is 0 Å². The number of Topliss-reactive ketones (excluding diaryl/α,β-unsaturated/α-hetero) is 1. The molecule has 18 heavy (non-hydrogen) atoms. The summed E-state index contributed by atoms with van der Waals surface area (Å²) in [7, 11) is 0. The number of hydrogen-bond donors (Lipinski definition) is 0. The lowest BCUT2D eigenvalue weighted by molar-refractivity contribution is -0.172. The summed E-state index contributed by atoms with van der Waals surface area (Å²) in [6, 6.07) is 0. The maximum atomic E-state index is 12.5. The van der Waals surface area contributed by atoms with E-state index in [-0.39, 0.29) is 0 Å². The summed E-state index contributed by atoms with van der Waals surface area (Å²) in [4.78, 5) is 15.3. The van der Waals surface area contributed by atoms with Crippen LogP contribution in [0.4, 0.5) is 0 Å². The minimum atomic E-state index is 0.314. The molecule has 2 aliphatic carbocycles. The van der Waals surface area contributed by atoms with Crippen LogP contribution in [0.5, 0.6) is 0 Å². The Morgan fingerprint density at radius 1 is 1.22 bits per heavy atom. The number of piperidine rings is 2. The Morgan fingerprint density at radius 2 is 2.00 bits per heavy atom. The highest BCUT2D eigenvalue weighted by atomic mass is 16.1. The maximum absolute atomic E-state index is 12.5. The summed E-state index contributed by atoms with van der Waals surface area (Å²) in [5, 5.41) is 0. The van der Waals surface area contributed by atoms with Crippen molar-refractivity contribution in [2.45, 2.75) is 57.4 Å². The van der Waals surface area contributed by atoms with E-state index in [0.29, 0.717) is 17.2 Å². The van der Waals surface area contributed by atoms with Crippen LogP contribution in [0.1, 0.15) is 51.9 Å². The van der Waals surface area contributed by atoms with E-state index in [2.05, 4.69) is 11.8 Å². The van der Waals surface area contributed by atoms with Crippen molar-refractivity contribution in [1.82, 2.24) is 4.90 Å². The SMILES string of the molecule is C[C@@H]1CC2CC(=O)C3CCCN4CCC[C@H]2[C@@]34C1. The second kappa shape index (κ2) is 3.82. The van der Waals surface area contributed by atoms with Gasteiger partial charge in [-0.2, -0.15) is 0 Å². The molecule has 0 radical (unpaired) electrons. The van der Waals surface area contributed by atoms with E-state index in [9.17, 15) is 4.79 Å². The molecule has 2 heterocycles. The molecule has 1 spiro atoms. The summed E-state index contributed by atoms with van der Waals surface area (Å²) in [6.07, 6.45) is 8.75. The highest BCUT2D eigenvalue weighted by molar-refractivity contribution is 5.84. The summed E-state index contributed by atoms with van der Waals surface area (Å²) in [6.45, 7) is 4.95. The second-order valence-electron chi connectivity index (χ2n) is 7.40. The van der Waals surface area contributed by atoms with Crippen molar-refractivity contribution in [3.8, 4) is 0 Å². The van der Waals surface area contributed by atoms with Crippen molar-refractivity contribution in [3.05, 3.63) is 0 Å². The Hall–Kier alpha value is -0.370. The molecule has 2 heteroatoms. The minimum Gasteiger partial charge on any atom is -0.299 e. The average Bonchev–Trinajstić information content (AvgIpc) is 2.33. The molecule has 4 aliphatic rings. The van der Waals surface area contributed by atoms with Crippen LogP contribution in [0.15, 0.2) is 0 Å². The Balaban J connectivity index is 1.82. The van der Waals surface area contributed by atoms with Gasteiger partial charge in [0, 0.05) is 17.9 Å². The lowest BCUT2D eigenvalue weighted by Gasteiger charge is -2.65. The Morgan fingerprint density at radius 3 is 2.83 bits per heavy atom. The monoisotopic (exact) mass is 247 g/mol. The zero-order valence-corrected chi connectivity index (χ0v) is 11.5. The van der Waals surface area contributed by atoms with Gasteiger partial charge in [-0.3, -0.25) is 9.69 Å². The van der Waals surface area contributed by atoms with Crippen LogP contribution in [0.3, 0.4) is 0 Å². The highest BCUT2D eigenvalue weighted by Crippen LogP contribution is 2.59. The molecule has 5 atom stereocenters. The molecule has 2 unspecified atom stereocenters. The summed E-state index contributed by atoms with van der Waals surface area (Å²) < 4.78 is 0. The van der Waals surface area contributed by atoms with Gasteiger partial charge in [-0.25, -0.2) is 0 Å². The first-order valence-corrected chi connectivity index (χ1v) is 7.99. The zero-order valence-electron chi connectivity index (χ0n) is 11.5. The molecule has 4 rings (SSSR count). The highest BCUT2D eigenvalue weighted by Gasteiger charge is 2.62. The van der Waals surface area contributed by atoms with Crippen LogP contribution in [0.2, 0.25) is 0 Å². The van der Waals surface area contributed by atoms with Gasteiger partial charge in [0.15, 0.2) is 0 Å². The molecule has 0 aromatic heterocycles. The van der Waals surface area contributed by atoms with E-state index < -0.39 is 0 Å². The summed E-state index contributed by atoms with van der Waals surface area (Å²) in [5.41, 5.74) is 0.314. The molecule has 2 aliphatic heterocycles. The van der Waals surface area contributed by atoms with Crippen LogP contribution in [-0.2, 0) is 4.79 Å². The molecule has 2 bridgehead atoms. The van der Waals surface area contributed by atoms with E-state index in [1.54, 1.807) is 0 Å². The molecule has 2 nitrogen and oxygen atoms in total. The van der Waals surface area contributed by atoms with Crippen LogP contribution in [0, 0.1) is 23.7 Å². The minimum absolute atomic E-state index is 0.314. The smallest absolute Gasteiger partial charge is 0.138 e. The first-order valence-electron chi connectivity index (χ1n) is 7.99. The predicted octanol–water partition coefficient (Wildman–Crippen LogP) is 2.87. The summed E-state index contributed by atoms with van der Waals surface area (Å²) in [5.74, 6) is 3.43. The van der Waals surface area contributed by atoms with E-state index in [0.717, 1.165) is 24.2 Å². The molecule has 0 amide bonds. The van der Waals surface area contributed by atoms with Crippen molar-refractivity contribution in [1.29, 1.82) is 0 Å². The quantitative estimate of drug-likeness (QED) is 0.656. The van der Waals surface area contributed by atoms with Gasteiger partial charge in [-0.1, -0.05) is 6.92 Å². The van der Waals surface area contributed by atoms with Gasteiger partial charge < -0.3 is 0 Å². The first kappa shape index (κ1) is 11.5. The van der Waals surface area contributed by atoms with Crippen molar-refractivity contribution >= 4 is 5.78 Å². The van der Waals surface area contributed by atoms with Crippen LogP contribution >= 0.6 is 0 Å². The maximum Gasteiger partial charge on any atom is 0.138 e. The fourth-order valence-corrected chi connectivity index (χ4v) is 6.18. The van der Waals surface area contributed by atoms with Crippen LogP contribution < -0.4 is 0 Å². The fourth-order valence-electron chi connectivity index (χ4n) is 6.18. The van der Waals surface area contributed by atoms with E-state index in [4.69, 9.17) is 0 Å². The molecule has 0 N–H and O–H groups in total. The molecule has 0 aromatic rings. The number of carbonyl (C=O) groups excluding carboxylic acids is 1.